The molecule has 0 saturated heterocycles. The lowest BCUT2D eigenvalue weighted by Crippen LogP contribution is -2.28. The predicted octanol–water partition coefficient (Wildman–Crippen LogP) is 1.31. The molecule has 0 aliphatic carbocycles. The van der Waals surface area contributed by atoms with E-state index in [1.54, 1.807) is 24.4 Å². The molecule has 128 valence electrons. The van der Waals surface area contributed by atoms with Gasteiger partial charge < -0.3 is 10.4 Å². The molecule has 0 saturated carbocycles. The first-order valence-electron chi connectivity index (χ1n) is 7.36. The minimum Gasteiger partial charge on any atom is -0.478 e. The fourth-order valence-electron chi connectivity index (χ4n) is 2.65. The molecule has 0 aromatic carbocycles. The molecule has 9 heteroatoms. The van der Waals surface area contributed by atoms with Gasteiger partial charge in [0.25, 0.3) is 10.0 Å². The number of fused-ring (bicyclic) bond motifs is 1. The summed E-state index contributed by atoms with van der Waals surface area (Å²) in [6.45, 7) is 1.23. The van der Waals surface area contributed by atoms with E-state index < -0.39 is 16.0 Å². The van der Waals surface area contributed by atoms with Crippen LogP contribution >= 0.6 is 11.3 Å². The molecule has 0 radical (unpaired) electrons. The summed E-state index contributed by atoms with van der Waals surface area (Å²) in [6.07, 6.45) is 2.11. The lowest BCUT2D eigenvalue weighted by molar-refractivity contribution is 0.0692. The molecule has 2 N–H and O–H groups in total. The normalized spacial score (nSPS) is 14.6. The summed E-state index contributed by atoms with van der Waals surface area (Å²) >= 11 is 1.04. The summed E-state index contributed by atoms with van der Waals surface area (Å²) in [7, 11) is -2.47. The van der Waals surface area contributed by atoms with Crippen LogP contribution in [0.3, 0.4) is 0 Å². The lowest BCUT2D eigenvalue weighted by atomic mass is 10.1. The van der Waals surface area contributed by atoms with Crippen molar-refractivity contribution in [3.63, 3.8) is 0 Å². The van der Waals surface area contributed by atoms with Crippen LogP contribution in [0.5, 0.6) is 0 Å². The Morgan fingerprint density at radius 3 is 2.92 bits per heavy atom. The van der Waals surface area contributed by atoms with Gasteiger partial charge in [0.1, 0.15) is 4.21 Å². The van der Waals surface area contributed by atoms with E-state index in [0.29, 0.717) is 30.8 Å². The maximum atomic E-state index is 12.9. The van der Waals surface area contributed by atoms with Crippen LogP contribution in [-0.2, 0) is 29.5 Å². The van der Waals surface area contributed by atoms with Crippen molar-refractivity contribution in [1.82, 2.24) is 14.6 Å². The highest BCUT2D eigenvalue weighted by atomic mass is 32.2. The van der Waals surface area contributed by atoms with E-state index in [1.807, 2.05) is 0 Å². The standard InChI is InChI=1S/C15H17N3O4S2/c1-18(9-10-4-2-3-6-17-10)24(21,22)15-13(14(19)20)11-5-7-16-8-12(11)23-15/h2-4,6,16H,5,7-9H2,1H3,(H,19,20). The van der Waals surface area contributed by atoms with Gasteiger partial charge in [0.05, 0.1) is 17.8 Å². The number of carboxylic acid groups (broad SMARTS) is 1. The molecule has 3 rings (SSSR count). The van der Waals surface area contributed by atoms with Gasteiger partial charge in [-0.25, -0.2) is 13.2 Å². The predicted molar refractivity (Wildman–Crippen MR) is 89.6 cm³/mol. The second-order valence-electron chi connectivity index (χ2n) is 5.48. The fraction of sp³-hybridized carbons (Fsp3) is 0.333. The van der Waals surface area contributed by atoms with Crippen molar-refractivity contribution < 1.29 is 18.3 Å². The average molecular weight is 367 g/mol. The molecule has 3 heterocycles. The molecule has 1 aliphatic heterocycles. The largest absolute Gasteiger partial charge is 0.478 e. The van der Waals surface area contributed by atoms with Crippen molar-refractivity contribution in [2.24, 2.45) is 0 Å². The van der Waals surface area contributed by atoms with Crippen molar-refractivity contribution >= 4 is 27.3 Å². The van der Waals surface area contributed by atoms with Gasteiger partial charge in [-0.15, -0.1) is 11.3 Å². The Bertz CT molecular complexity index is 862. The van der Waals surface area contributed by atoms with Crippen LogP contribution in [0.2, 0.25) is 0 Å². The number of rotatable bonds is 5. The molecule has 0 atom stereocenters. The van der Waals surface area contributed by atoms with Crippen molar-refractivity contribution in [2.45, 2.75) is 23.7 Å². The summed E-state index contributed by atoms with van der Waals surface area (Å²) < 4.78 is 26.9. The molecular weight excluding hydrogens is 350 g/mol. The third-order valence-electron chi connectivity index (χ3n) is 3.86. The van der Waals surface area contributed by atoms with E-state index in [1.165, 1.54) is 7.05 Å². The van der Waals surface area contributed by atoms with E-state index in [9.17, 15) is 18.3 Å². The number of carboxylic acids is 1. The van der Waals surface area contributed by atoms with E-state index >= 15 is 0 Å². The molecule has 24 heavy (non-hydrogen) atoms. The van der Waals surface area contributed by atoms with Crippen molar-refractivity contribution in [3.05, 3.63) is 46.1 Å². The maximum Gasteiger partial charge on any atom is 0.338 e. The summed E-state index contributed by atoms with van der Waals surface area (Å²) in [4.78, 5) is 16.6. The third-order valence-corrected chi connectivity index (χ3v) is 7.40. The lowest BCUT2D eigenvalue weighted by Gasteiger charge is -2.16. The first kappa shape index (κ1) is 17.0. The SMILES string of the molecule is CN(Cc1ccccn1)S(=O)(=O)c1sc2c(c1C(=O)O)CCNC2. The second-order valence-corrected chi connectivity index (χ2v) is 8.83. The number of nitrogens with zero attached hydrogens (tertiary/aromatic N) is 2. The van der Waals surface area contributed by atoms with Crippen LogP contribution in [-0.4, -0.2) is 42.4 Å². The topological polar surface area (TPSA) is 99.6 Å². The number of aromatic nitrogens is 1. The Morgan fingerprint density at radius 1 is 1.46 bits per heavy atom. The summed E-state index contributed by atoms with van der Waals surface area (Å²) in [5.41, 5.74) is 1.16. The van der Waals surface area contributed by atoms with Crippen LogP contribution in [0.4, 0.5) is 0 Å². The number of hydrogen-bond donors (Lipinski definition) is 2. The zero-order valence-corrected chi connectivity index (χ0v) is 14.7. The van der Waals surface area contributed by atoms with Crippen LogP contribution < -0.4 is 5.32 Å². The molecule has 0 fully saturated rings. The highest BCUT2D eigenvalue weighted by molar-refractivity contribution is 7.91. The molecule has 2 aromatic rings. The van der Waals surface area contributed by atoms with Crippen LogP contribution in [0.25, 0.3) is 0 Å². The molecule has 0 bridgehead atoms. The smallest absolute Gasteiger partial charge is 0.338 e. The van der Waals surface area contributed by atoms with Gasteiger partial charge in [0.2, 0.25) is 0 Å². The molecule has 2 aromatic heterocycles. The Morgan fingerprint density at radius 2 is 2.25 bits per heavy atom. The van der Waals surface area contributed by atoms with Crippen molar-refractivity contribution in [2.75, 3.05) is 13.6 Å². The molecule has 0 unspecified atom stereocenters. The summed E-state index contributed by atoms with van der Waals surface area (Å²) in [5, 5.41) is 12.7. The van der Waals surface area contributed by atoms with Crippen molar-refractivity contribution in [1.29, 1.82) is 0 Å². The Balaban J connectivity index is 2.00. The number of thiophene rings is 1. The minimum absolute atomic E-state index is 0.0793. The van der Waals surface area contributed by atoms with Gasteiger partial charge in [-0.3, -0.25) is 4.98 Å². The summed E-state index contributed by atoms with van der Waals surface area (Å²) in [6, 6.07) is 5.26. The Kier molecular flexibility index (Phi) is 4.68. The van der Waals surface area contributed by atoms with Crippen LogP contribution in [0.1, 0.15) is 26.5 Å². The monoisotopic (exact) mass is 367 g/mol. The summed E-state index contributed by atoms with van der Waals surface area (Å²) in [5.74, 6) is -1.20. The molecule has 7 nitrogen and oxygen atoms in total. The van der Waals surface area contributed by atoms with E-state index in [2.05, 4.69) is 10.3 Å². The number of sulfonamides is 1. The molecular formula is C15H17N3O4S2. The minimum atomic E-state index is -3.90. The van der Waals surface area contributed by atoms with Crippen LogP contribution in [0, 0.1) is 0 Å². The number of nitrogens with one attached hydrogen (secondary N) is 1. The second kappa shape index (κ2) is 6.60. The first-order chi connectivity index (χ1) is 11.4. The average Bonchev–Trinajstić information content (AvgIpc) is 2.96. The Labute approximate surface area is 144 Å². The highest BCUT2D eigenvalue weighted by Gasteiger charge is 2.34. The zero-order valence-electron chi connectivity index (χ0n) is 13.0. The molecule has 1 aliphatic rings. The van der Waals surface area contributed by atoms with Crippen LogP contribution in [0.15, 0.2) is 28.6 Å². The van der Waals surface area contributed by atoms with Gasteiger partial charge in [0, 0.05) is 24.7 Å². The number of hydrogen-bond acceptors (Lipinski definition) is 6. The number of carbonyl (C=O) groups is 1. The van der Waals surface area contributed by atoms with E-state index in [4.69, 9.17) is 0 Å². The highest BCUT2D eigenvalue weighted by Crippen LogP contribution is 2.36. The quantitative estimate of drug-likeness (QED) is 0.827. The number of aromatic carboxylic acids is 1. The van der Waals surface area contributed by atoms with E-state index in [0.717, 1.165) is 20.5 Å². The van der Waals surface area contributed by atoms with Gasteiger partial charge >= 0.3 is 5.97 Å². The maximum absolute atomic E-state index is 12.9. The van der Waals surface area contributed by atoms with Gasteiger partial charge in [0.15, 0.2) is 0 Å². The number of pyridine rings is 1. The van der Waals surface area contributed by atoms with Crippen molar-refractivity contribution in [3.8, 4) is 0 Å². The molecule has 0 spiro atoms. The van der Waals surface area contributed by atoms with E-state index in [-0.39, 0.29) is 16.3 Å². The third kappa shape index (κ3) is 3.07. The van der Waals surface area contributed by atoms with Gasteiger partial charge in [-0.2, -0.15) is 4.31 Å². The van der Waals surface area contributed by atoms with Gasteiger partial charge in [-0.1, -0.05) is 6.07 Å². The molecule has 0 amide bonds. The zero-order chi connectivity index (χ0) is 17.3. The Hall–Kier alpha value is -1.81. The first-order valence-corrected chi connectivity index (χ1v) is 9.61. The fourth-order valence-corrected chi connectivity index (χ4v) is 5.85. The van der Waals surface area contributed by atoms with Gasteiger partial charge in [-0.05, 0) is 30.7 Å².